The number of rotatable bonds is 4. The first-order valence-electron chi connectivity index (χ1n) is 8.02. The van der Waals surface area contributed by atoms with Crippen LogP contribution in [0.25, 0.3) is 22.6 Å². The molecule has 0 radical (unpaired) electrons. The summed E-state index contributed by atoms with van der Waals surface area (Å²) in [6.45, 7) is 2.69. The van der Waals surface area contributed by atoms with Crippen LogP contribution >= 0.6 is 0 Å². The molecule has 24 heavy (non-hydrogen) atoms. The van der Waals surface area contributed by atoms with Gasteiger partial charge in [0.15, 0.2) is 5.82 Å². The average Bonchev–Trinajstić information content (AvgIpc) is 2.66. The fourth-order valence-electron chi connectivity index (χ4n) is 2.71. The second kappa shape index (κ2) is 6.37. The summed E-state index contributed by atoms with van der Waals surface area (Å²) in [5, 5.41) is 0. The van der Waals surface area contributed by atoms with Crippen molar-refractivity contribution in [3.8, 4) is 28.4 Å². The third-order valence-corrected chi connectivity index (χ3v) is 3.84. The molecule has 1 aliphatic heterocycles. The molecular formula is C19H17N3O2. The van der Waals surface area contributed by atoms with E-state index < -0.39 is 6.29 Å². The second-order valence-electron chi connectivity index (χ2n) is 5.56. The van der Waals surface area contributed by atoms with Gasteiger partial charge < -0.3 is 9.47 Å². The van der Waals surface area contributed by atoms with Gasteiger partial charge in [0, 0.05) is 29.7 Å². The van der Waals surface area contributed by atoms with Gasteiger partial charge in [0.2, 0.25) is 6.29 Å². The first kappa shape index (κ1) is 14.8. The molecule has 0 aliphatic carbocycles. The number of nitrogens with zero attached hydrogens (tertiary/aromatic N) is 3. The molecule has 0 bridgehead atoms. The molecule has 0 amide bonds. The van der Waals surface area contributed by atoms with Crippen molar-refractivity contribution < 1.29 is 9.47 Å². The molecule has 0 saturated heterocycles. The first-order chi connectivity index (χ1) is 11.9. The molecule has 2 aromatic heterocycles. The quantitative estimate of drug-likeness (QED) is 0.727. The summed E-state index contributed by atoms with van der Waals surface area (Å²) in [6.07, 6.45) is 5.74. The lowest BCUT2D eigenvalue weighted by Gasteiger charge is -2.27. The van der Waals surface area contributed by atoms with Crippen molar-refractivity contribution >= 4 is 0 Å². The topological polar surface area (TPSA) is 57.1 Å². The normalized spacial score (nSPS) is 15.3. The van der Waals surface area contributed by atoms with E-state index in [1.54, 1.807) is 18.6 Å². The highest BCUT2D eigenvalue weighted by molar-refractivity contribution is 5.73. The Morgan fingerprint density at radius 3 is 2.88 bits per heavy atom. The zero-order chi connectivity index (χ0) is 16.4. The second-order valence-corrected chi connectivity index (χ2v) is 5.56. The number of pyridine rings is 1. The van der Waals surface area contributed by atoms with E-state index in [2.05, 4.69) is 16.9 Å². The maximum Gasteiger partial charge on any atom is 0.230 e. The molecule has 3 aromatic rings. The Hall–Kier alpha value is -2.79. The van der Waals surface area contributed by atoms with E-state index in [9.17, 15) is 0 Å². The zero-order valence-electron chi connectivity index (χ0n) is 13.3. The Morgan fingerprint density at radius 2 is 2.04 bits per heavy atom. The maximum absolute atomic E-state index is 5.99. The van der Waals surface area contributed by atoms with Gasteiger partial charge in [-0.2, -0.15) is 0 Å². The maximum atomic E-state index is 5.99. The molecule has 5 nitrogen and oxygen atoms in total. The molecule has 1 aromatic carbocycles. The lowest BCUT2D eigenvalue weighted by Crippen LogP contribution is -2.19. The van der Waals surface area contributed by atoms with Crippen molar-refractivity contribution in [1.29, 1.82) is 0 Å². The van der Waals surface area contributed by atoms with Crippen molar-refractivity contribution in [2.75, 3.05) is 6.61 Å². The Morgan fingerprint density at radius 1 is 1.12 bits per heavy atom. The molecule has 3 heterocycles. The van der Waals surface area contributed by atoms with Gasteiger partial charge in [-0.15, -0.1) is 0 Å². The SMILES string of the molecule is CCCOC1Oc2ccccc2-c2nc(-c3cccnc3)ncc21. The van der Waals surface area contributed by atoms with Crippen LogP contribution in [-0.4, -0.2) is 21.6 Å². The lowest BCUT2D eigenvalue weighted by atomic mass is 10.0. The van der Waals surface area contributed by atoms with Crippen LogP contribution in [0.4, 0.5) is 0 Å². The van der Waals surface area contributed by atoms with Crippen LogP contribution in [0, 0.1) is 0 Å². The van der Waals surface area contributed by atoms with Gasteiger partial charge in [0.05, 0.1) is 17.9 Å². The predicted molar refractivity (Wildman–Crippen MR) is 90.3 cm³/mol. The monoisotopic (exact) mass is 319 g/mol. The van der Waals surface area contributed by atoms with E-state index >= 15 is 0 Å². The summed E-state index contributed by atoms with van der Waals surface area (Å²) < 4.78 is 11.8. The van der Waals surface area contributed by atoms with Crippen LogP contribution in [0.5, 0.6) is 5.75 Å². The van der Waals surface area contributed by atoms with E-state index in [0.29, 0.717) is 12.4 Å². The lowest BCUT2D eigenvalue weighted by molar-refractivity contribution is -0.0851. The van der Waals surface area contributed by atoms with Crippen LogP contribution in [0.15, 0.2) is 55.0 Å². The number of fused-ring (bicyclic) bond motifs is 3. The zero-order valence-corrected chi connectivity index (χ0v) is 13.3. The minimum atomic E-state index is -0.474. The Kier molecular flexibility index (Phi) is 3.92. The predicted octanol–water partition coefficient (Wildman–Crippen LogP) is 4.02. The molecule has 1 atom stereocenters. The molecule has 5 heteroatoms. The molecule has 0 spiro atoms. The van der Waals surface area contributed by atoms with Crippen molar-refractivity contribution in [2.45, 2.75) is 19.6 Å². The Bertz CT molecular complexity index is 852. The van der Waals surface area contributed by atoms with Crippen LogP contribution in [0.3, 0.4) is 0 Å². The fourth-order valence-corrected chi connectivity index (χ4v) is 2.71. The number of aromatic nitrogens is 3. The number of hydrogen-bond donors (Lipinski definition) is 0. The number of ether oxygens (including phenoxy) is 2. The molecule has 0 N–H and O–H groups in total. The summed E-state index contributed by atoms with van der Waals surface area (Å²) in [5.74, 6) is 1.43. The van der Waals surface area contributed by atoms with E-state index in [1.807, 2.05) is 36.4 Å². The highest BCUT2D eigenvalue weighted by atomic mass is 16.7. The number of para-hydroxylation sites is 1. The van der Waals surface area contributed by atoms with Crippen molar-refractivity contribution in [2.24, 2.45) is 0 Å². The van der Waals surface area contributed by atoms with Gasteiger partial charge in [0.25, 0.3) is 0 Å². The van der Waals surface area contributed by atoms with Gasteiger partial charge in [-0.1, -0.05) is 19.1 Å². The third-order valence-electron chi connectivity index (χ3n) is 3.84. The minimum Gasteiger partial charge on any atom is -0.460 e. The fraction of sp³-hybridized carbons (Fsp3) is 0.211. The molecule has 0 saturated carbocycles. The molecule has 120 valence electrons. The van der Waals surface area contributed by atoms with Crippen molar-refractivity contribution in [3.05, 3.63) is 60.6 Å². The van der Waals surface area contributed by atoms with Crippen LogP contribution in [-0.2, 0) is 4.74 Å². The number of benzene rings is 1. The molecule has 4 rings (SSSR count). The molecule has 1 aliphatic rings. The minimum absolute atomic E-state index is 0.474. The van der Waals surface area contributed by atoms with Gasteiger partial charge in [-0.3, -0.25) is 4.98 Å². The van der Waals surface area contributed by atoms with Gasteiger partial charge in [0.1, 0.15) is 5.75 Å². The summed E-state index contributed by atoms with van der Waals surface area (Å²) in [7, 11) is 0. The van der Waals surface area contributed by atoms with Crippen LogP contribution < -0.4 is 4.74 Å². The highest BCUT2D eigenvalue weighted by Gasteiger charge is 2.28. The van der Waals surface area contributed by atoms with Crippen LogP contribution in [0.1, 0.15) is 25.2 Å². The Labute approximate surface area is 140 Å². The molecule has 1 unspecified atom stereocenters. The van der Waals surface area contributed by atoms with E-state index in [1.165, 1.54) is 0 Å². The molecule has 0 fully saturated rings. The van der Waals surface area contributed by atoms with Gasteiger partial charge in [-0.25, -0.2) is 9.97 Å². The van der Waals surface area contributed by atoms with Crippen LogP contribution in [0.2, 0.25) is 0 Å². The summed E-state index contributed by atoms with van der Waals surface area (Å²) in [5.41, 5.74) is 3.55. The first-order valence-corrected chi connectivity index (χ1v) is 8.02. The summed E-state index contributed by atoms with van der Waals surface area (Å²) in [4.78, 5) is 13.4. The van der Waals surface area contributed by atoms with Gasteiger partial charge in [-0.05, 0) is 30.7 Å². The Balaban J connectivity index is 1.83. The molecular weight excluding hydrogens is 302 g/mol. The van der Waals surface area contributed by atoms with E-state index in [4.69, 9.17) is 14.5 Å². The summed E-state index contributed by atoms with van der Waals surface area (Å²) >= 11 is 0. The summed E-state index contributed by atoms with van der Waals surface area (Å²) in [6, 6.07) is 11.7. The highest BCUT2D eigenvalue weighted by Crippen LogP contribution is 2.41. The van der Waals surface area contributed by atoms with E-state index in [0.717, 1.165) is 34.6 Å². The van der Waals surface area contributed by atoms with E-state index in [-0.39, 0.29) is 0 Å². The number of hydrogen-bond acceptors (Lipinski definition) is 5. The largest absolute Gasteiger partial charge is 0.460 e. The third kappa shape index (κ3) is 2.63. The van der Waals surface area contributed by atoms with Crippen molar-refractivity contribution in [1.82, 2.24) is 15.0 Å². The smallest absolute Gasteiger partial charge is 0.230 e. The van der Waals surface area contributed by atoms with Crippen molar-refractivity contribution in [3.63, 3.8) is 0 Å². The standard InChI is InChI=1S/C19H17N3O2/c1-2-10-23-19-15-12-21-18(13-6-5-9-20-11-13)22-17(15)14-7-3-4-8-16(14)24-19/h3-9,11-12,19H,2,10H2,1H3. The average molecular weight is 319 g/mol. The van der Waals surface area contributed by atoms with Gasteiger partial charge >= 0.3 is 0 Å².